The molecule has 0 amide bonds. The Kier molecular flexibility index (Phi) is 8.12. The first-order valence-electron chi connectivity index (χ1n) is 16.5. The van der Waals surface area contributed by atoms with Crippen molar-refractivity contribution in [2.75, 3.05) is 7.11 Å². The lowest BCUT2D eigenvalue weighted by Gasteiger charge is -2.64. The number of carboxylic acid groups (broad SMARTS) is 1. The summed E-state index contributed by atoms with van der Waals surface area (Å²) in [6, 6.07) is 7.97. The maximum Gasteiger partial charge on any atom is 0.337 e. The summed E-state index contributed by atoms with van der Waals surface area (Å²) in [5.41, 5.74) is 4.19. The van der Waals surface area contributed by atoms with Crippen LogP contribution in [0.2, 0.25) is 0 Å². The zero-order valence-electron chi connectivity index (χ0n) is 27.2. The summed E-state index contributed by atoms with van der Waals surface area (Å²) in [7, 11) is 1.43. The lowest BCUT2D eigenvalue weighted by Crippen LogP contribution is -2.56. The molecule has 230 valence electrons. The number of methoxy groups -OCH3 is 1. The Balaban J connectivity index is 1.48. The number of esters is 1. The van der Waals surface area contributed by atoms with Crippen LogP contribution in [0, 0.1) is 51.2 Å². The molecule has 8 atom stereocenters. The van der Waals surface area contributed by atoms with E-state index in [1.165, 1.54) is 43.1 Å². The molecule has 0 radical (unpaired) electrons. The summed E-state index contributed by atoms with van der Waals surface area (Å²) in [5, 5.41) is 10.6. The van der Waals surface area contributed by atoms with E-state index in [4.69, 9.17) is 4.74 Å². The molecule has 4 nitrogen and oxygen atoms in total. The fourth-order valence-electron chi connectivity index (χ4n) is 11.1. The highest BCUT2D eigenvalue weighted by molar-refractivity contribution is 5.90. The first kappa shape index (κ1) is 31.1. The van der Waals surface area contributed by atoms with Gasteiger partial charge in [0.05, 0.1) is 18.1 Å². The van der Waals surface area contributed by atoms with Gasteiger partial charge < -0.3 is 9.84 Å². The second-order valence-corrected chi connectivity index (χ2v) is 15.7. The lowest BCUT2D eigenvalue weighted by atomic mass is 9.40. The molecular formula is C38H54O4. The van der Waals surface area contributed by atoms with Crippen LogP contribution in [0.1, 0.15) is 122 Å². The van der Waals surface area contributed by atoms with Crippen molar-refractivity contribution in [3.05, 3.63) is 53.6 Å². The second kappa shape index (κ2) is 11.0. The predicted octanol–water partition coefficient (Wildman–Crippen LogP) is 9.60. The van der Waals surface area contributed by atoms with Crippen LogP contribution in [0.5, 0.6) is 0 Å². The van der Waals surface area contributed by atoms with Crippen LogP contribution < -0.4 is 0 Å². The van der Waals surface area contributed by atoms with Crippen molar-refractivity contribution in [3.63, 3.8) is 0 Å². The predicted molar refractivity (Wildman–Crippen MR) is 170 cm³/mol. The van der Waals surface area contributed by atoms with Gasteiger partial charge >= 0.3 is 11.9 Å². The number of allylic oxidation sites excluding steroid dienone is 3. The van der Waals surface area contributed by atoms with Gasteiger partial charge in [0.1, 0.15) is 0 Å². The van der Waals surface area contributed by atoms with Crippen molar-refractivity contribution in [3.8, 4) is 0 Å². The smallest absolute Gasteiger partial charge is 0.337 e. The molecule has 5 rings (SSSR count). The zero-order valence-corrected chi connectivity index (χ0v) is 27.2. The standard InChI is InChI=1S/C38H54O4/c1-24(2)28-17-23-38(34(40)41)22-16-25(3)36(6)21-19-31-35(4,5)29(26-12-14-27(15-13-26)33(39)42-8)18-20-37(31,7)32(36)11-9-10-30(28)38/h12-15,18,25,28,30-32H,1,9-11,16-17,19-23H2,2-8H3,(H,40,41). The van der Waals surface area contributed by atoms with Crippen LogP contribution >= 0.6 is 0 Å². The highest BCUT2D eigenvalue weighted by atomic mass is 16.5. The van der Waals surface area contributed by atoms with Gasteiger partial charge in [0.2, 0.25) is 0 Å². The molecule has 0 aliphatic heterocycles. The summed E-state index contributed by atoms with van der Waals surface area (Å²) in [5.74, 6) is 1.33. The van der Waals surface area contributed by atoms with Gasteiger partial charge in [0, 0.05) is 0 Å². The maximum atomic E-state index is 12.9. The van der Waals surface area contributed by atoms with E-state index >= 15 is 0 Å². The Labute approximate surface area is 254 Å². The van der Waals surface area contributed by atoms with Crippen molar-refractivity contribution in [1.29, 1.82) is 0 Å². The van der Waals surface area contributed by atoms with Crippen LogP contribution in [0.25, 0.3) is 5.57 Å². The van der Waals surface area contributed by atoms with E-state index in [-0.39, 0.29) is 28.1 Å². The van der Waals surface area contributed by atoms with E-state index in [2.05, 4.69) is 66.3 Å². The van der Waals surface area contributed by atoms with Crippen LogP contribution in [0.4, 0.5) is 0 Å². The van der Waals surface area contributed by atoms with Crippen molar-refractivity contribution < 1.29 is 19.4 Å². The van der Waals surface area contributed by atoms with Gasteiger partial charge in [-0.05, 0) is 134 Å². The van der Waals surface area contributed by atoms with Crippen LogP contribution in [0.3, 0.4) is 0 Å². The molecule has 8 unspecified atom stereocenters. The number of carbonyl (C=O) groups is 2. The molecule has 4 heteroatoms. The third-order valence-electron chi connectivity index (χ3n) is 13.6. The molecule has 0 saturated heterocycles. The highest BCUT2D eigenvalue weighted by Crippen LogP contribution is 2.69. The molecule has 1 aromatic rings. The summed E-state index contributed by atoms with van der Waals surface area (Å²) in [4.78, 5) is 25.0. The summed E-state index contributed by atoms with van der Waals surface area (Å²) < 4.78 is 4.92. The fraction of sp³-hybridized carbons (Fsp3) is 0.684. The Morgan fingerprint density at radius 1 is 0.905 bits per heavy atom. The minimum atomic E-state index is -0.587. The number of carboxylic acids is 1. The van der Waals surface area contributed by atoms with Crippen molar-refractivity contribution in [2.24, 2.45) is 51.2 Å². The van der Waals surface area contributed by atoms with Crippen molar-refractivity contribution in [2.45, 2.75) is 106 Å². The first-order valence-corrected chi connectivity index (χ1v) is 16.5. The lowest BCUT2D eigenvalue weighted by molar-refractivity contribution is -0.155. The molecule has 1 N–H and O–H groups in total. The third kappa shape index (κ3) is 4.70. The summed E-state index contributed by atoms with van der Waals surface area (Å²) in [6.07, 6.45) is 12.8. The number of benzene rings is 1. The molecule has 42 heavy (non-hydrogen) atoms. The van der Waals surface area contributed by atoms with Gasteiger partial charge in [-0.3, -0.25) is 4.79 Å². The monoisotopic (exact) mass is 574 g/mol. The molecule has 4 aliphatic carbocycles. The number of fused-ring (bicyclic) bond motifs is 4. The van der Waals surface area contributed by atoms with Crippen molar-refractivity contribution >= 4 is 17.5 Å². The number of ether oxygens (including phenoxy) is 1. The molecule has 0 heterocycles. The fourth-order valence-corrected chi connectivity index (χ4v) is 11.1. The van der Waals surface area contributed by atoms with Gasteiger partial charge in [0.25, 0.3) is 0 Å². The van der Waals surface area contributed by atoms with Gasteiger partial charge in [-0.2, -0.15) is 0 Å². The molecule has 0 spiro atoms. The van der Waals surface area contributed by atoms with Crippen molar-refractivity contribution in [1.82, 2.24) is 0 Å². The molecular weight excluding hydrogens is 520 g/mol. The average Bonchev–Trinajstić information content (AvgIpc) is 3.32. The number of hydrogen-bond acceptors (Lipinski definition) is 3. The van der Waals surface area contributed by atoms with Crippen LogP contribution in [-0.2, 0) is 9.53 Å². The molecule has 4 aliphatic rings. The Bertz CT molecular complexity index is 1260. The van der Waals surface area contributed by atoms with Gasteiger partial charge in [-0.25, -0.2) is 4.79 Å². The minimum Gasteiger partial charge on any atom is -0.481 e. The van der Waals surface area contributed by atoms with E-state index < -0.39 is 11.4 Å². The second-order valence-electron chi connectivity index (χ2n) is 15.7. The van der Waals surface area contributed by atoms with Crippen LogP contribution in [0.15, 0.2) is 42.5 Å². The summed E-state index contributed by atoms with van der Waals surface area (Å²) >= 11 is 0. The quantitative estimate of drug-likeness (QED) is 0.287. The van der Waals surface area contributed by atoms with Crippen LogP contribution in [-0.4, -0.2) is 24.2 Å². The van der Waals surface area contributed by atoms with E-state index in [1.807, 2.05) is 12.1 Å². The first-order chi connectivity index (χ1) is 19.7. The van der Waals surface area contributed by atoms with E-state index in [0.29, 0.717) is 29.2 Å². The topological polar surface area (TPSA) is 63.6 Å². The van der Waals surface area contributed by atoms with E-state index in [0.717, 1.165) is 44.9 Å². The maximum absolute atomic E-state index is 12.9. The Morgan fingerprint density at radius 3 is 2.19 bits per heavy atom. The van der Waals surface area contributed by atoms with Gasteiger partial charge in [-0.15, -0.1) is 0 Å². The molecule has 1 aromatic carbocycles. The normalized spacial score (nSPS) is 39.6. The van der Waals surface area contributed by atoms with E-state index in [9.17, 15) is 14.7 Å². The minimum absolute atomic E-state index is 0.00856. The number of aliphatic carboxylic acids is 1. The zero-order chi connectivity index (χ0) is 30.7. The molecule has 3 fully saturated rings. The average molecular weight is 575 g/mol. The Hall–Kier alpha value is -2.36. The summed E-state index contributed by atoms with van der Waals surface area (Å²) in [6.45, 7) is 18.9. The Morgan fingerprint density at radius 2 is 1.57 bits per heavy atom. The number of carbonyl (C=O) groups excluding carboxylic acids is 1. The largest absolute Gasteiger partial charge is 0.481 e. The van der Waals surface area contributed by atoms with Gasteiger partial charge in [-0.1, -0.05) is 71.4 Å². The third-order valence-corrected chi connectivity index (χ3v) is 13.6. The number of hydrogen-bond donors (Lipinski definition) is 1. The van der Waals surface area contributed by atoms with E-state index in [1.54, 1.807) is 0 Å². The molecule has 0 bridgehead atoms. The van der Waals surface area contributed by atoms with Gasteiger partial charge in [0.15, 0.2) is 0 Å². The SMILES string of the molecule is C=C(C)C1CCC2(C(=O)O)CCC(C)C3(C)CCC4C(C)(C)C(c5ccc(C(=O)OC)cc5)=CCC4(C)C3CCCC12. The molecule has 0 aromatic heterocycles. The highest BCUT2D eigenvalue weighted by Gasteiger charge is 2.61. The number of rotatable bonds is 4. The molecule has 3 saturated carbocycles.